The zero-order valence-corrected chi connectivity index (χ0v) is 10.5. The molecule has 1 aliphatic rings. The molecule has 6 nitrogen and oxygen atoms in total. The van der Waals surface area contributed by atoms with Crippen molar-refractivity contribution in [3.63, 3.8) is 0 Å². The number of nitrogens with zero attached hydrogens (tertiary/aromatic N) is 2. The maximum atomic E-state index is 13.8. The Hall–Kier alpha value is -1.70. The van der Waals surface area contributed by atoms with Crippen molar-refractivity contribution in [3.05, 3.63) is 35.1 Å². The van der Waals surface area contributed by atoms with Gasteiger partial charge in [-0.3, -0.25) is 5.43 Å². The second-order valence-corrected chi connectivity index (χ2v) is 4.23. The summed E-state index contributed by atoms with van der Waals surface area (Å²) in [6.45, 7) is 3.31. The van der Waals surface area contributed by atoms with Crippen LogP contribution in [0.2, 0.25) is 0 Å². The summed E-state index contributed by atoms with van der Waals surface area (Å²) >= 11 is 0. The highest BCUT2D eigenvalue weighted by Gasteiger charge is 2.11. The second-order valence-electron chi connectivity index (χ2n) is 4.23. The van der Waals surface area contributed by atoms with Crippen LogP contribution in [-0.4, -0.2) is 42.4 Å². The van der Waals surface area contributed by atoms with Crippen LogP contribution in [0.3, 0.4) is 0 Å². The summed E-state index contributed by atoms with van der Waals surface area (Å²) in [6, 6.07) is 4.50. The fourth-order valence-electron chi connectivity index (χ4n) is 1.83. The van der Waals surface area contributed by atoms with E-state index in [1.165, 1.54) is 6.07 Å². The van der Waals surface area contributed by atoms with E-state index in [1.54, 1.807) is 12.1 Å². The Morgan fingerprint density at radius 3 is 2.84 bits per heavy atom. The van der Waals surface area contributed by atoms with Gasteiger partial charge >= 0.3 is 0 Å². The first-order chi connectivity index (χ1) is 9.20. The van der Waals surface area contributed by atoms with E-state index >= 15 is 0 Å². The molecule has 1 aromatic carbocycles. The molecular weight excluding hydrogens is 251 g/mol. The maximum absolute atomic E-state index is 13.8. The van der Waals surface area contributed by atoms with Gasteiger partial charge in [-0.15, -0.1) is 0 Å². The smallest absolute Gasteiger partial charge is 0.170 e. The summed E-state index contributed by atoms with van der Waals surface area (Å²) < 4.78 is 19.0. The highest BCUT2D eigenvalue weighted by Crippen LogP contribution is 2.10. The van der Waals surface area contributed by atoms with Crippen LogP contribution in [-0.2, 0) is 11.3 Å². The van der Waals surface area contributed by atoms with Gasteiger partial charge in [-0.1, -0.05) is 17.3 Å². The van der Waals surface area contributed by atoms with Gasteiger partial charge in [-0.25, -0.2) is 9.40 Å². The number of hydrogen-bond acceptors (Lipinski definition) is 5. The summed E-state index contributed by atoms with van der Waals surface area (Å²) in [7, 11) is 0. The molecule has 1 heterocycles. The lowest BCUT2D eigenvalue weighted by Gasteiger charge is -2.27. The molecule has 0 bridgehead atoms. The minimum absolute atomic E-state index is 0.105. The zero-order valence-electron chi connectivity index (χ0n) is 10.5. The number of hydrogen-bond donors (Lipinski definition) is 3. The Labute approximate surface area is 110 Å². The van der Waals surface area contributed by atoms with Crippen LogP contribution in [0.25, 0.3) is 0 Å². The number of halogens is 1. The average molecular weight is 268 g/mol. The molecular formula is C12H17FN4O2. The Balaban J connectivity index is 1.97. The molecule has 0 atom stereocenters. The van der Waals surface area contributed by atoms with Crippen molar-refractivity contribution < 1.29 is 14.3 Å². The third-order valence-corrected chi connectivity index (χ3v) is 2.96. The standard InChI is InChI=1S/C12H17FN4O2/c13-11-7-9(12(14)16-18)1-2-10(11)8-15-17-3-5-19-6-4-17/h1-2,7,15,18H,3-6,8H2,(H2,14,16). The number of rotatable bonds is 4. The number of morpholine rings is 1. The summed E-state index contributed by atoms with van der Waals surface area (Å²) in [5, 5.41) is 13.4. The van der Waals surface area contributed by atoms with E-state index in [0.717, 1.165) is 13.1 Å². The van der Waals surface area contributed by atoms with E-state index in [4.69, 9.17) is 15.7 Å². The quantitative estimate of drug-likeness (QED) is 0.316. The van der Waals surface area contributed by atoms with Crippen LogP contribution in [0.4, 0.5) is 4.39 Å². The molecule has 1 aromatic rings. The molecule has 0 saturated carbocycles. The van der Waals surface area contributed by atoms with Gasteiger partial charge in [0.15, 0.2) is 5.84 Å². The molecule has 1 fully saturated rings. The van der Waals surface area contributed by atoms with Crippen molar-refractivity contribution in [2.75, 3.05) is 26.3 Å². The molecule has 2 rings (SSSR count). The van der Waals surface area contributed by atoms with Crippen LogP contribution in [0, 0.1) is 5.82 Å². The van der Waals surface area contributed by atoms with Crippen LogP contribution in [0.5, 0.6) is 0 Å². The van der Waals surface area contributed by atoms with Gasteiger partial charge in [0.25, 0.3) is 0 Å². The first kappa shape index (κ1) is 13.7. The Morgan fingerprint density at radius 1 is 1.47 bits per heavy atom. The zero-order chi connectivity index (χ0) is 13.7. The van der Waals surface area contributed by atoms with Gasteiger partial charge in [0.2, 0.25) is 0 Å². The average Bonchev–Trinajstić information content (AvgIpc) is 2.46. The van der Waals surface area contributed by atoms with E-state index in [1.807, 2.05) is 5.01 Å². The molecule has 19 heavy (non-hydrogen) atoms. The summed E-state index contributed by atoms with van der Waals surface area (Å²) in [5.74, 6) is -0.489. The molecule has 4 N–H and O–H groups in total. The maximum Gasteiger partial charge on any atom is 0.170 e. The number of benzene rings is 1. The van der Waals surface area contributed by atoms with E-state index in [-0.39, 0.29) is 11.7 Å². The second kappa shape index (κ2) is 6.46. The van der Waals surface area contributed by atoms with Crippen molar-refractivity contribution in [1.82, 2.24) is 10.4 Å². The van der Waals surface area contributed by atoms with Crippen LogP contribution >= 0.6 is 0 Å². The van der Waals surface area contributed by atoms with Crippen molar-refractivity contribution >= 4 is 5.84 Å². The minimum Gasteiger partial charge on any atom is -0.409 e. The van der Waals surface area contributed by atoms with Gasteiger partial charge in [0, 0.05) is 30.8 Å². The van der Waals surface area contributed by atoms with Crippen molar-refractivity contribution in [3.8, 4) is 0 Å². The lowest BCUT2D eigenvalue weighted by molar-refractivity contribution is 0.0104. The molecule has 1 saturated heterocycles. The lowest BCUT2D eigenvalue weighted by Crippen LogP contribution is -2.45. The number of oxime groups is 1. The monoisotopic (exact) mass is 268 g/mol. The van der Waals surface area contributed by atoms with E-state index < -0.39 is 0 Å². The molecule has 1 aliphatic heterocycles. The highest BCUT2D eigenvalue weighted by molar-refractivity contribution is 5.97. The van der Waals surface area contributed by atoms with Gasteiger partial charge in [-0.05, 0) is 6.07 Å². The topological polar surface area (TPSA) is 83.1 Å². The molecule has 0 radical (unpaired) electrons. The number of hydrazine groups is 1. The van der Waals surface area contributed by atoms with Crippen molar-refractivity contribution in [2.24, 2.45) is 10.9 Å². The number of amidine groups is 1. The van der Waals surface area contributed by atoms with E-state index in [0.29, 0.717) is 30.9 Å². The third-order valence-electron chi connectivity index (χ3n) is 2.96. The van der Waals surface area contributed by atoms with E-state index in [9.17, 15) is 4.39 Å². The predicted molar refractivity (Wildman–Crippen MR) is 68.1 cm³/mol. The van der Waals surface area contributed by atoms with Crippen molar-refractivity contribution in [1.29, 1.82) is 0 Å². The fourth-order valence-corrected chi connectivity index (χ4v) is 1.83. The fraction of sp³-hybridized carbons (Fsp3) is 0.417. The van der Waals surface area contributed by atoms with Gasteiger partial charge < -0.3 is 15.7 Å². The van der Waals surface area contributed by atoms with E-state index in [2.05, 4.69) is 10.6 Å². The number of ether oxygens (including phenoxy) is 1. The first-order valence-electron chi connectivity index (χ1n) is 6.03. The normalized spacial score (nSPS) is 17.6. The van der Waals surface area contributed by atoms with Crippen molar-refractivity contribution in [2.45, 2.75) is 6.54 Å². The van der Waals surface area contributed by atoms with Crippen LogP contribution in [0.1, 0.15) is 11.1 Å². The van der Waals surface area contributed by atoms with Gasteiger partial charge in [0.1, 0.15) is 5.82 Å². The minimum atomic E-state index is -0.384. The molecule has 104 valence electrons. The first-order valence-corrected chi connectivity index (χ1v) is 6.03. The molecule has 7 heteroatoms. The molecule has 0 spiro atoms. The predicted octanol–water partition coefficient (Wildman–Crippen LogP) is 0.257. The largest absolute Gasteiger partial charge is 0.409 e. The molecule has 0 aliphatic carbocycles. The summed E-state index contributed by atoms with van der Waals surface area (Å²) in [6.07, 6.45) is 0. The molecule has 0 unspecified atom stereocenters. The third kappa shape index (κ3) is 3.63. The number of nitrogens with two attached hydrogens (primary N) is 1. The van der Waals surface area contributed by atoms with Crippen LogP contribution in [0.15, 0.2) is 23.4 Å². The molecule has 0 aromatic heterocycles. The summed E-state index contributed by atoms with van der Waals surface area (Å²) in [5.41, 5.74) is 9.43. The van der Waals surface area contributed by atoms with Crippen LogP contribution < -0.4 is 11.2 Å². The Morgan fingerprint density at radius 2 is 2.21 bits per heavy atom. The Kier molecular flexibility index (Phi) is 4.67. The number of nitrogens with one attached hydrogen (secondary N) is 1. The van der Waals surface area contributed by atoms with Gasteiger partial charge in [-0.2, -0.15) is 0 Å². The summed E-state index contributed by atoms with van der Waals surface area (Å²) in [4.78, 5) is 0. The molecule has 0 amide bonds. The van der Waals surface area contributed by atoms with Gasteiger partial charge in [0.05, 0.1) is 13.2 Å². The SMILES string of the molecule is N/C(=N/O)c1ccc(CNN2CCOCC2)c(F)c1. The highest BCUT2D eigenvalue weighted by atomic mass is 19.1. The Bertz CT molecular complexity index is 461. The lowest BCUT2D eigenvalue weighted by atomic mass is 10.1.